The van der Waals surface area contributed by atoms with Crippen LogP contribution in [-0.4, -0.2) is 26.7 Å². The van der Waals surface area contributed by atoms with E-state index >= 15 is 0 Å². The topological polar surface area (TPSA) is 59.3 Å². The fourth-order valence-electron chi connectivity index (χ4n) is 2.74. The smallest absolute Gasteiger partial charge is 0.349 e. The molecule has 2 aromatic heterocycles. The highest BCUT2D eigenvalue weighted by Crippen LogP contribution is 2.38. The average molecular weight is 326 g/mol. The van der Waals surface area contributed by atoms with Crippen LogP contribution in [0, 0.1) is 5.92 Å². The first-order chi connectivity index (χ1) is 10.9. The molecular formula is C15H17F3N4O. The van der Waals surface area contributed by atoms with Gasteiger partial charge in [-0.25, -0.2) is 9.50 Å². The number of nitrogens with zero attached hydrogens (tertiary/aromatic N) is 3. The van der Waals surface area contributed by atoms with Crippen LogP contribution in [0.2, 0.25) is 0 Å². The van der Waals surface area contributed by atoms with Gasteiger partial charge >= 0.3 is 6.18 Å². The highest BCUT2D eigenvalue weighted by atomic mass is 19.4. The molecule has 5 nitrogen and oxygen atoms in total. The molecule has 1 fully saturated rings. The second-order valence-electron chi connectivity index (χ2n) is 5.87. The minimum Gasteiger partial charge on any atom is -0.349 e. The van der Waals surface area contributed by atoms with Crippen LogP contribution in [-0.2, 0) is 4.79 Å². The number of carbonyl (C=O) groups excluding carboxylic acids is 1. The van der Waals surface area contributed by atoms with Crippen LogP contribution < -0.4 is 5.32 Å². The first-order valence-electron chi connectivity index (χ1n) is 7.58. The van der Waals surface area contributed by atoms with E-state index in [0.717, 1.165) is 24.8 Å². The maximum atomic E-state index is 12.3. The zero-order valence-corrected chi connectivity index (χ0v) is 12.4. The van der Waals surface area contributed by atoms with Crippen molar-refractivity contribution in [3.05, 3.63) is 30.2 Å². The van der Waals surface area contributed by atoms with Crippen LogP contribution in [0.4, 0.5) is 13.2 Å². The first kappa shape index (κ1) is 15.8. The maximum absolute atomic E-state index is 12.3. The van der Waals surface area contributed by atoms with Gasteiger partial charge in [0.1, 0.15) is 0 Å². The van der Waals surface area contributed by atoms with Gasteiger partial charge in [0, 0.05) is 18.8 Å². The lowest BCUT2D eigenvalue weighted by molar-refractivity contribution is -0.144. The number of imidazole rings is 1. The van der Waals surface area contributed by atoms with E-state index < -0.39 is 24.9 Å². The van der Waals surface area contributed by atoms with Crippen LogP contribution in [0.5, 0.6) is 0 Å². The fraction of sp³-hybridized carbons (Fsp3) is 0.533. The summed E-state index contributed by atoms with van der Waals surface area (Å²) in [6.45, 7) is 0. The van der Waals surface area contributed by atoms with E-state index in [9.17, 15) is 18.0 Å². The van der Waals surface area contributed by atoms with Crippen LogP contribution in [0.25, 0.3) is 5.65 Å². The lowest BCUT2D eigenvalue weighted by Gasteiger charge is -2.34. The van der Waals surface area contributed by atoms with Gasteiger partial charge in [0.25, 0.3) is 0 Å². The largest absolute Gasteiger partial charge is 0.389 e. The Bertz CT molecular complexity index is 693. The Hall–Kier alpha value is -2.12. The minimum absolute atomic E-state index is 0.240. The van der Waals surface area contributed by atoms with Crippen molar-refractivity contribution >= 4 is 11.6 Å². The van der Waals surface area contributed by atoms with E-state index in [1.807, 2.05) is 6.07 Å². The van der Waals surface area contributed by atoms with E-state index in [1.165, 1.54) is 0 Å². The molecule has 1 aliphatic rings. The molecule has 1 aliphatic carbocycles. The molecule has 0 aliphatic heterocycles. The zero-order chi connectivity index (χ0) is 16.4. The predicted molar refractivity (Wildman–Crippen MR) is 76.5 cm³/mol. The van der Waals surface area contributed by atoms with Crippen LogP contribution in [0.15, 0.2) is 24.7 Å². The third-order valence-corrected chi connectivity index (χ3v) is 4.21. The Morgan fingerprint density at radius 2 is 2.22 bits per heavy atom. The van der Waals surface area contributed by atoms with Gasteiger partial charge in [-0.2, -0.15) is 18.3 Å². The molecule has 3 rings (SSSR count). The van der Waals surface area contributed by atoms with Gasteiger partial charge in [-0.3, -0.25) is 4.79 Å². The van der Waals surface area contributed by atoms with Crippen molar-refractivity contribution in [1.82, 2.24) is 19.9 Å². The van der Waals surface area contributed by atoms with E-state index in [1.54, 1.807) is 23.1 Å². The van der Waals surface area contributed by atoms with Gasteiger partial charge < -0.3 is 5.32 Å². The number of hydrogen-bond acceptors (Lipinski definition) is 3. The van der Waals surface area contributed by atoms with Crippen LogP contribution in [0.1, 0.15) is 43.7 Å². The Balaban J connectivity index is 1.73. The molecule has 0 spiro atoms. The van der Waals surface area contributed by atoms with Crippen molar-refractivity contribution in [3.8, 4) is 0 Å². The Labute approximate surface area is 130 Å². The summed E-state index contributed by atoms with van der Waals surface area (Å²) in [4.78, 5) is 16.0. The normalized spacial score (nSPS) is 17.0. The maximum Gasteiger partial charge on any atom is 0.389 e. The number of hydrogen-bond donors (Lipinski definition) is 1. The summed E-state index contributed by atoms with van der Waals surface area (Å²) in [7, 11) is 0. The summed E-state index contributed by atoms with van der Waals surface area (Å²) in [6, 6.07) is 1.51. The van der Waals surface area contributed by atoms with Gasteiger partial charge in [0.05, 0.1) is 18.7 Å². The number of fused-ring (bicyclic) bond motifs is 1. The second kappa shape index (κ2) is 6.17. The third kappa shape index (κ3) is 3.80. The molecule has 1 saturated carbocycles. The van der Waals surface area contributed by atoms with Crippen LogP contribution in [0.3, 0.4) is 0 Å². The molecule has 0 unspecified atom stereocenters. The highest BCUT2D eigenvalue weighted by Gasteiger charge is 2.32. The molecule has 0 radical (unpaired) electrons. The Morgan fingerprint density at radius 1 is 1.43 bits per heavy atom. The monoisotopic (exact) mass is 326 g/mol. The molecular weight excluding hydrogens is 309 g/mol. The molecule has 1 atom stereocenters. The average Bonchev–Trinajstić information content (AvgIpc) is 2.89. The number of rotatable bonds is 5. The number of aromatic nitrogens is 3. The minimum atomic E-state index is -4.32. The van der Waals surface area contributed by atoms with Crippen molar-refractivity contribution < 1.29 is 18.0 Å². The van der Waals surface area contributed by atoms with Crippen molar-refractivity contribution in [3.63, 3.8) is 0 Å². The Kier molecular flexibility index (Phi) is 4.23. The summed E-state index contributed by atoms with van der Waals surface area (Å²) < 4.78 is 38.4. The molecule has 23 heavy (non-hydrogen) atoms. The van der Waals surface area contributed by atoms with E-state index in [0.29, 0.717) is 5.65 Å². The standard InChI is InChI=1S/C15H17F3N4O/c16-15(17,18)5-4-13(23)21-14(10-2-1-3-10)11-8-12-19-6-7-22(12)20-9-11/h6-10,14H,1-5H2,(H,21,23)/t14-/m1/s1. The molecule has 124 valence electrons. The van der Waals surface area contributed by atoms with Gasteiger partial charge in [0.2, 0.25) is 5.91 Å². The van der Waals surface area contributed by atoms with Gasteiger partial charge in [-0.15, -0.1) is 0 Å². The summed E-state index contributed by atoms with van der Waals surface area (Å²) >= 11 is 0. The second-order valence-corrected chi connectivity index (χ2v) is 5.87. The van der Waals surface area contributed by atoms with Gasteiger partial charge in [-0.05, 0) is 30.4 Å². The Morgan fingerprint density at radius 3 is 2.87 bits per heavy atom. The molecule has 8 heteroatoms. The molecule has 0 aromatic carbocycles. The molecule has 1 amide bonds. The summed E-state index contributed by atoms with van der Waals surface area (Å²) in [6.07, 6.45) is 1.96. The van der Waals surface area contributed by atoms with E-state index in [4.69, 9.17) is 0 Å². The quantitative estimate of drug-likeness (QED) is 0.919. The molecule has 2 heterocycles. The van der Waals surface area contributed by atoms with Gasteiger partial charge in [-0.1, -0.05) is 6.42 Å². The lowest BCUT2D eigenvalue weighted by atomic mass is 9.77. The van der Waals surface area contributed by atoms with Crippen molar-refractivity contribution in [2.24, 2.45) is 5.92 Å². The lowest BCUT2D eigenvalue weighted by Crippen LogP contribution is -2.36. The van der Waals surface area contributed by atoms with Crippen molar-refractivity contribution in [1.29, 1.82) is 0 Å². The molecule has 2 aromatic rings. The number of nitrogens with one attached hydrogen (secondary N) is 1. The van der Waals surface area contributed by atoms with E-state index in [2.05, 4.69) is 15.4 Å². The van der Waals surface area contributed by atoms with Gasteiger partial charge in [0.15, 0.2) is 5.65 Å². The number of alkyl halides is 3. The summed E-state index contributed by atoms with van der Waals surface area (Å²) in [5.74, 6) is -0.341. The zero-order valence-electron chi connectivity index (χ0n) is 12.4. The number of carbonyl (C=O) groups is 1. The number of amides is 1. The molecule has 0 saturated heterocycles. The predicted octanol–water partition coefficient (Wildman–Crippen LogP) is 3.03. The van der Waals surface area contributed by atoms with Crippen LogP contribution >= 0.6 is 0 Å². The van der Waals surface area contributed by atoms with Crippen molar-refractivity contribution in [2.75, 3.05) is 0 Å². The highest BCUT2D eigenvalue weighted by molar-refractivity contribution is 5.76. The fourth-order valence-corrected chi connectivity index (χ4v) is 2.74. The third-order valence-electron chi connectivity index (χ3n) is 4.21. The first-order valence-corrected chi connectivity index (χ1v) is 7.58. The van der Waals surface area contributed by atoms with E-state index in [-0.39, 0.29) is 12.0 Å². The summed E-state index contributed by atoms with van der Waals surface area (Å²) in [5.41, 5.74) is 1.44. The molecule has 0 bridgehead atoms. The molecule has 1 N–H and O–H groups in total. The summed E-state index contributed by atoms with van der Waals surface area (Å²) in [5, 5.41) is 6.97. The van der Waals surface area contributed by atoms with Crippen molar-refractivity contribution in [2.45, 2.75) is 44.3 Å². The SMILES string of the molecule is O=C(CCC(F)(F)F)N[C@@H](c1cnn2ccnc2c1)C1CCC1. The number of halogens is 3.